The summed E-state index contributed by atoms with van der Waals surface area (Å²) in [7, 11) is 0. The van der Waals surface area contributed by atoms with E-state index in [0.29, 0.717) is 0 Å². The van der Waals surface area contributed by atoms with Crippen molar-refractivity contribution in [3.63, 3.8) is 0 Å². The Bertz CT molecular complexity index is 307. The summed E-state index contributed by atoms with van der Waals surface area (Å²) in [5.74, 6) is -0.565. The van der Waals surface area contributed by atoms with Crippen molar-refractivity contribution in [2.45, 2.75) is 44.6 Å². The monoisotopic (exact) mass is 254 g/mol. The lowest BCUT2D eigenvalue weighted by Gasteiger charge is -2.22. The van der Waals surface area contributed by atoms with Gasteiger partial charge in [0.1, 0.15) is 6.04 Å². The van der Waals surface area contributed by atoms with Crippen LogP contribution in [0.4, 0.5) is 0 Å². The number of hydrogen-bond donors (Lipinski definition) is 2. The Hall–Kier alpha value is -1.10. The lowest BCUT2D eigenvalue weighted by molar-refractivity contribution is -0.140. The van der Waals surface area contributed by atoms with Gasteiger partial charge in [0, 0.05) is 13.1 Å². The number of carbonyl (C=O) groups excluding carboxylic acids is 1. The molecule has 18 heavy (non-hydrogen) atoms. The van der Waals surface area contributed by atoms with E-state index in [4.69, 9.17) is 5.11 Å². The van der Waals surface area contributed by atoms with Crippen molar-refractivity contribution in [1.29, 1.82) is 0 Å². The van der Waals surface area contributed by atoms with Crippen LogP contribution in [-0.4, -0.2) is 47.6 Å². The molecule has 1 amide bonds. The van der Waals surface area contributed by atoms with E-state index in [2.05, 4.69) is 5.32 Å². The van der Waals surface area contributed by atoms with Gasteiger partial charge in [-0.05, 0) is 31.6 Å². The number of carboxylic acids is 1. The van der Waals surface area contributed by atoms with E-state index in [-0.39, 0.29) is 18.4 Å². The molecule has 1 heterocycles. The zero-order valence-corrected chi connectivity index (χ0v) is 10.7. The van der Waals surface area contributed by atoms with Crippen LogP contribution in [0.25, 0.3) is 0 Å². The average molecular weight is 254 g/mol. The average Bonchev–Trinajstić information content (AvgIpc) is 3.15. The van der Waals surface area contributed by atoms with E-state index in [1.807, 2.05) is 4.90 Å². The van der Waals surface area contributed by atoms with Crippen LogP contribution >= 0.6 is 0 Å². The van der Waals surface area contributed by atoms with E-state index in [1.165, 1.54) is 12.8 Å². The maximum absolute atomic E-state index is 12.0. The lowest BCUT2D eigenvalue weighted by Crippen LogP contribution is -2.45. The predicted octanol–water partition coefficient (Wildman–Crippen LogP) is 0.842. The fourth-order valence-corrected chi connectivity index (χ4v) is 2.51. The van der Waals surface area contributed by atoms with Crippen molar-refractivity contribution in [2.24, 2.45) is 5.92 Å². The number of nitrogens with zero attached hydrogens (tertiary/aromatic N) is 1. The summed E-state index contributed by atoms with van der Waals surface area (Å²) < 4.78 is 0. The minimum Gasteiger partial charge on any atom is -0.480 e. The van der Waals surface area contributed by atoms with Gasteiger partial charge in [0.2, 0.25) is 5.91 Å². The summed E-state index contributed by atoms with van der Waals surface area (Å²) >= 11 is 0. The Balaban J connectivity index is 1.77. The van der Waals surface area contributed by atoms with Crippen LogP contribution in [0.3, 0.4) is 0 Å². The SMILES string of the molecule is O=C(O)C(NCC(=O)N1CCCCCC1)C1CC1. The van der Waals surface area contributed by atoms with E-state index in [1.54, 1.807) is 0 Å². The minimum atomic E-state index is -0.832. The first-order valence-electron chi connectivity index (χ1n) is 6.92. The molecule has 1 atom stereocenters. The van der Waals surface area contributed by atoms with Crippen LogP contribution in [0.5, 0.6) is 0 Å². The summed E-state index contributed by atoms with van der Waals surface area (Å²) in [6, 6.07) is -0.541. The molecule has 0 aromatic carbocycles. The summed E-state index contributed by atoms with van der Waals surface area (Å²) in [5, 5.41) is 12.0. The van der Waals surface area contributed by atoms with Gasteiger partial charge in [0.05, 0.1) is 6.54 Å². The number of amides is 1. The van der Waals surface area contributed by atoms with Crippen LogP contribution < -0.4 is 5.32 Å². The van der Waals surface area contributed by atoms with Crippen LogP contribution in [-0.2, 0) is 9.59 Å². The molecule has 1 aliphatic carbocycles. The molecule has 102 valence electrons. The summed E-state index contributed by atoms with van der Waals surface area (Å²) in [6.07, 6.45) is 6.44. The third-order valence-electron chi connectivity index (χ3n) is 3.79. The van der Waals surface area contributed by atoms with Crippen molar-refractivity contribution < 1.29 is 14.7 Å². The molecule has 2 aliphatic rings. The Morgan fingerprint density at radius 3 is 2.28 bits per heavy atom. The summed E-state index contributed by atoms with van der Waals surface area (Å²) in [4.78, 5) is 24.9. The maximum Gasteiger partial charge on any atom is 0.320 e. The molecule has 1 unspecified atom stereocenters. The molecule has 1 aliphatic heterocycles. The third kappa shape index (κ3) is 3.70. The van der Waals surface area contributed by atoms with Gasteiger partial charge in [-0.1, -0.05) is 12.8 Å². The first-order valence-corrected chi connectivity index (χ1v) is 6.92. The molecule has 5 heteroatoms. The Labute approximate surface area is 108 Å². The summed E-state index contributed by atoms with van der Waals surface area (Å²) in [6.45, 7) is 1.80. The van der Waals surface area contributed by atoms with Gasteiger partial charge in [0.25, 0.3) is 0 Å². The highest BCUT2D eigenvalue weighted by molar-refractivity contribution is 5.80. The van der Waals surface area contributed by atoms with Crippen LogP contribution in [0.1, 0.15) is 38.5 Å². The second kappa shape index (κ2) is 6.18. The van der Waals surface area contributed by atoms with Crippen molar-refractivity contribution in [2.75, 3.05) is 19.6 Å². The highest BCUT2D eigenvalue weighted by Crippen LogP contribution is 2.32. The number of likely N-dealkylation sites (tertiary alicyclic amines) is 1. The molecule has 0 aromatic rings. The standard InChI is InChI=1S/C13H22N2O3/c16-11(15-7-3-1-2-4-8-15)9-14-12(13(17)18)10-5-6-10/h10,12,14H,1-9H2,(H,17,18). The molecule has 0 spiro atoms. The van der Waals surface area contributed by atoms with Crippen LogP contribution in [0, 0.1) is 5.92 Å². The van der Waals surface area contributed by atoms with Crippen molar-refractivity contribution in [1.82, 2.24) is 10.2 Å². The molecule has 1 saturated carbocycles. The largest absolute Gasteiger partial charge is 0.480 e. The first kappa shape index (κ1) is 13.3. The Morgan fingerprint density at radius 2 is 1.78 bits per heavy atom. The molecular formula is C13H22N2O3. The van der Waals surface area contributed by atoms with Crippen LogP contribution in [0.2, 0.25) is 0 Å². The lowest BCUT2D eigenvalue weighted by atomic mass is 10.2. The zero-order chi connectivity index (χ0) is 13.0. The second-order valence-electron chi connectivity index (χ2n) is 5.33. The van der Waals surface area contributed by atoms with Crippen LogP contribution in [0.15, 0.2) is 0 Å². The van der Waals surface area contributed by atoms with E-state index in [0.717, 1.165) is 38.8 Å². The van der Waals surface area contributed by atoms with Crippen molar-refractivity contribution in [3.05, 3.63) is 0 Å². The third-order valence-corrected chi connectivity index (χ3v) is 3.79. The molecule has 0 radical (unpaired) electrons. The smallest absolute Gasteiger partial charge is 0.320 e. The number of nitrogens with one attached hydrogen (secondary N) is 1. The van der Waals surface area contributed by atoms with Gasteiger partial charge < -0.3 is 10.0 Å². The van der Waals surface area contributed by atoms with Gasteiger partial charge in [-0.25, -0.2) is 0 Å². The van der Waals surface area contributed by atoms with Gasteiger partial charge >= 0.3 is 5.97 Å². The van der Waals surface area contributed by atoms with Gasteiger partial charge in [-0.15, -0.1) is 0 Å². The van der Waals surface area contributed by atoms with Gasteiger partial charge in [-0.2, -0.15) is 0 Å². The molecule has 2 rings (SSSR count). The quantitative estimate of drug-likeness (QED) is 0.763. The van der Waals surface area contributed by atoms with E-state index in [9.17, 15) is 9.59 Å². The molecule has 0 aromatic heterocycles. The molecule has 1 saturated heterocycles. The van der Waals surface area contributed by atoms with Crippen molar-refractivity contribution in [3.8, 4) is 0 Å². The highest BCUT2D eigenvalue weighted by Gasteiger charge is 2.36. The topological polar surface area (TPSA) is 69.6 Å². The van der Waals surface area contributed by atoms with E-state index >= 15 is 0 Å². The summed E-state index contributed by atoms with van der Waals surface area (Å²) in [5.41, 5.74) is 0. The molecular weight excluding hydrogens is 232 g/mol. The number of carbonyl (C=O) groups is 2. The number of aliphatic carboxylic acids is 1. The minimum absolute atomic E-state index is 0.0452. The Morgan fingerprint density at radius 1 is 1.17 bits per heavy atom. The maximum atomic E-state index is 12.0. The first-order chi connectivity index (χ1) is 8.68. The molecule has 5 nitrogen and oxygen atoms in total. The molecule has 2 N–H and O–H groups in total. The zero-order valence-electron chi connectivity index (χ0n) is 10.7. The molecule has 2 fully saturated rings. The molecule has 0 bridgehead atoms. The Kier molecular flexibility index (Phi) is 4.58. The number of rotatable bonds is 5. The van der Waals surface area contributed by atoms with Gasteiger partial charge in [0.15, 0.2) is 0 Å². The fraction of sp³-hybridized carbons (Fsp3) is 0.846. The van der Waals surface area contributed by atoms with E-state index < -0.39 is 12.0 Å². The highest BCUT2D eigenvalue weighted by atomic mass is 16.4. The fourth-order valence-electron chi connectivity index (χ4n) is 2.51. The second-order valence-corrected chi connectivity index (χ2v) is 5.33. The number of hydrogen-bond acceptors (Lipinski definition) is 3. The van der Waals surface area contributed by atoms with Crippen molar-refractivity contribution >= 4 is 11.9 Å². The normalized spacial score (nSPS) is 22.3. The predicted molar refractivity (Wildman–Crippen MR) is 67.2 cm³/mol. The van der Waals surface area contributed by atoms with Gasteiger partial charge in [-0.3, -0.25) is 14.9 Å². The number of carboxylic acid groups (broad SMARTS) is 1.